The average Bonchev–Trinajstić information content (AvgIpc) is 2.73. The van der Waals surface area contributed by atoms with E-state index >= 15 is 0 Å². The summed E-state index contributed by atoms with van der Waals surface area (Å²) in [6, 6.07) is 10.6. The van der Waals surface area contributed by atoms with Gasteiger partial charge in [-0.3, -0.25) is 14.5 Å². The van der Waals surface area contributed by atoms with E-state index in [1.54, 1.807) is 0 Å². The molecule has 0 unspecified atom stereocenters. The molecular weight excluding hydrogens is 342 g/mol. The van der Waals surface area contributed by atoms with Gasteiger partial charge in [-0.2, -0.15) is 0 Å². The van der Waals surface area contributed by atoms with Crippen LogP contribution in [-0.4, -0.2) is 60.0 Å². The van der Waals surface area contributed by atoms with Gasteiger partial charge in [-0.25, -0.2) is 0 Å². The predicted molar refractivity (Wildman–Crippen MR) is 103 cm³/mol. The summed E-state index contributed by atoms with van der Waals surface area (Å²) in [6.45, 7) is 3.12. The van der Waals surface area contributed by atoms with Crippen LogP contribution >= 0.6 is 0 Å². The first-order valence-electron chi connectivity index (χ1n) is 9.52. The Labute approximate surface area is 158 Å². The molecule has 6 heteroatoms. The number of carbonyl (C=O) groups excluding carboxylic acids is 1. The van der Waals surface area contributed by atoms with Gasteiger partial charge in [0, 0.05) is 44.5 Å². The third kappa shape index (κ3) is 3.62. The number of aromatic nitrogens is 1. The van der Waals surface area contributed by atoms with E-state index in [-0.39, 0.29) is 17.1 Å². The van der Waals surface area contributed by atoms with Gasteiger partial charge < -0.3 is 14.6 Å². The van der Waals surface area contributed by atoms with Crippen molar-refractivity contribution in [2.45, 2.75) is 25.3 Å². The Kier molecular flexibility index (Phi) is 4.99. The molecule has 142 valence electrons. The Morgan fingerprint density at radius 1 is 1.15 bits per heavy atom. The third-order valence-corrected chi connectivity index (χ3v) is 5.77. The fourth-order valence-corrected chi connectivity index (χ4v) is 4.19. The van der Waals surface area contributed by atoms with E-state index < -0.39 is 0 Å². The molecule has 0 bridgehead atoms. The Bertz CT molecular complexity index is 884. The quantitative estimate of drug-likeness (QED) is 0.897. The summed E-state index contributed by atoms with van der Waals surface area (Å²) in [5.74, 6) is 0.0948. The molecule has 4 rings (SSSR count). The molecule has 2 aromatic rings. The molecule has 1 aromatic carbocycles. The number of amides is 1. The van der Waals surface area contributed by atoms with Gasteiger partial charge in [0.1, 0.15) is 5.69 Å². The summed E-state index contributed by atoms with van der Waals surface area (Å²) in [7, 11) is 1.44. The van der Waals surface area contributed by atoms with Crippen molar-refractivity contribution in [3.8, 4) is 5.75 Å². The van der Waals surface area contributed by atoms with Crippen molar-refractivity contribution in [1.82, 2.24) is 14.8 Å². The highest BCUT2D eigenvalue weighted by molar-refractivity contribution is 5.92. The lowest BCUT2D eigenvalue weighted by Gasteiger charge is -2.41. The molecule has 0 saturated carbocycles. The van der Waals surface area contributed by atoms with Crippen molar-refractivity contribution >= 4 is 5.91 Å². The van der Waals surface area contributed by atoms with Crippen molar-refractivity contribution in [2.24, 2.45) is 0 Å². The van der Waals surface area contributed by atoms with Gasteiger partial charge >= 0.3 is 0 Å². The molecule has 1 aliphatic carbocycles. The number of H-pyrrole nitrogens is 1. The van der Waals surface area contributed by atoms with Gasteiger partial charge in [0.25, 0.3) is 5.91 Å². The van der Waals surface area contributed by atoms with Crippen LogP contribution in [0.3, 0.4) is 0 Å². The van der Waals surface area contributed by atoms with Crippen LogP contribution in [-0.2, 0) is 12.8 Å². The third-order valence-electron chi connectivity index (χ3n) is 5.77. The molecule has 1 saturated heterocycles. The Morgan fingerprint density at radius 2 is 1.89 bits per heavy atom. The van der Waals surface area contributed by atoms with Crippen molar-refractivity contribution in [2.75, 3.05) is 33.3 Å². The van der Waals surface area contributed by atoms with E-state index in [0.717, 1.165) is 25.9 Å². The van der Waals surface area contributed by atoms with Crippen LogP contribution < -0.4 is 10.2 Å². The summed E-state index contributed by atoms with van der Waals surface area (Å²) in [4.78, 5) is 31.8. The van der Waals surface area contributed by atoms with E-state index in [1.165, 1.54) is 36.9 Å². The monoisotopic (exact) mass is 367 g/mol. The van der Waals surface area contributed by atoms with Gasteiger partial charge in [0.15, 0.2) is 5.75 Å². The van der Waals surface area contributed by atoms with Crippen LogP contribution in [0.5, 0.6) is 5.75 Å². The number of nitrogens with one attached hydrogen (secondary N) is 1. The SMILES string of the molecule is COc1c[nH]c(C(=O)N2CCN([C@H]3CCc4ccccc4C3)CC2)cc1=O. The minimum atomic E-state index is -0.279. The topological polar surface area (TPSA) is 65.6 Å². The second-order valence-corrected chi connectivity index (χ2v) is 7.27. The molecular formula is C21H25N3O3. The summed E-state index contributed by atoms with van der Waals surface area (Å²) in [5, 5.41) is 0. The average molecular weight is 367 g/mol. The maximum Gasteiger partial charge on any atom is 0.270 e. The molecule has 6 nitrogen and oxygen atoms in total. The standard InChI is InChI=1S/C21H25N3O3/c1-27-20-14-22-18(13-19(20)25)21(26)24-10-8-23(9-11-24)17-7-6-15-4-2-3-5-16(15)12-17/h2-5,13-14,17H,6-12H2,1H3,(H,22,25)/t17-/m0/s1. The van der Waals surface area contributed by atoms with Crippen LogP contribution in [0, 0.1) is 0 Å². The molecule has 1 aromatic heterocycles. The Hall–Kier alpha value is -2.60. The number of aromatic amines is 1. The fourth-order valence-electron chi connectivity index (χ4n) is 4.19. The lowest BCUT2D eigenvalue weighted by molar-refractivity contribution is 0.0547. The Morgan fingerprint density at radius 3 is 2.59 bits per heavy atom. The van der Waals surface area contributed by atoms with Crippen molar-refractivity contribution in [3.63, 3.8) is 0 Å². The van der Waals surface area contributed by atoms with Crippen LogP contribution in [0.1, 0.15) is 28.0 Å². The first-order chi connectivity index (χ1) is 13.2. The molecule has 1 N–H and O–H groups in total. The minimum absolute atomic E-state index is 0.122. The van der Waals surface area contributed by atoms with Gasteiger partial charge in [-0.1, -0.05) is 24.3 Å². The second kappa shape index (κ2) is 7.56. The highest BCUT2D eigenvalue weighted by atomic mass is 16.5. The largest absolute Gasteiger partial charge is 0.491 e. The first kappa shape index (κ1) is 17.8. The summed E-state index contributed by atoms with van der Waals surface area (Å²) in [6.07, 6.45) is 4.85. The second-order valence-electron chi connectivity index (χ2n) is 7.27. The molecule has 0 radical (unpaired) electrons. The van der Waals surface area contributed by atoms with Crippen molar-refractivity contribution in [3.05, 3.63) is 63.6 Å². The maximum atomic E-state index is 12.7. The number of fused-ring (bicyclic) bond motifs is 1. The number of piperazine rings is 1. The van der Waals surface area contributed by atoms with Gasteiger partial charge in [0.05, 0.1) is 7.11 Å². The summed E-state index contributed by atoms with van der Waals surface area (Å²) < 4.78 is 4.96. The van der Waals surface area contributed by atoms with E-state index in [9.17, 15) is 9.59 Å². The number of hydrogen-bond donors (Lipinski definition) is 1. The van der Waals surface area contributed by atoms with Crippen molar-refractivity contribution in [1.29, 1.82) is 0 Å². The van der Waals surface area contributed by atoms with E-state index in [4.69, 9.17) is 4.74 Å². The molecule has 0 spiro atoms. The van der Waals surface area contributed by atoms with Crippen LogP contribution in [0.4, 0.5) is 0 Å². The number of rotatable bonds is 3. The number of methoxy groups -OCH3 is 1. The Balaban J connectivity index is 1.37. The molecule has 1 atom stereocenters. The molecule has 27 heavy (non-hydrogen) atoms. The van der Waals surface area contributed by atoms with Crippen molar-refractivity contribution < 1.29 is 9.53 Å². The fraction of sp³-hybridized carbons (Fsp3) is 0.429. The van der Waals surface area contributed by atoms with Gasteiger partial charge in [-0.15, -0.1) is 0 Å². The lowest BCUT2D eigenvalue weighted by atomic mass is 9.87. The van der Waals surface area contributed by atoms with Gasteiger partial charge in [0.2, 0.25) is 5.43 Å². The maximum absolute atomic E-state index is 12.7. The number of ether oxygens (including phenoxy) is 1. The predicted octanol–water partition coefficient (Wildman–Crippen LogP) is 1.70. The molecule has 1 fully saturated rings. The lowest BCUT2D eigenvalue weighted by Crippen LogP contribution is -2.53. The number of benzene rings is 1. The normalized spacial score (nSPS) is 20.2. The molecule has 2 heterocycles. The highest BCUT2D eigenvalue weighted by Crippen LogP contribution is 2.25. The van der Waals surface area contributed by atoms with E-state index in [1.807, 2.05) is 4.90 Å². The minimum Gasteiger partial charge on any atom is -0.491 e. The zero-order chi connectivity index (χ0) is 18.8. The van der Waals surface area contributed by atoms with Crippen LogP contribution in [0.2, 0.25) is 0 Å². The van der Waals surface area contributed by atoms with E-state index in [0.29, 0.717) is 24.8 Å². The van der Waals surface area contributed by atoms with E-state index in [2.05, 4.69) is 34.1 Å². The molecule has 1 amide bonds. The zero-order valence-electron chi connectivity index (χ0n) is 15.6. The number of nitrogens with zero attached hydrogens (tertiary/aromatic N) is 2. The number of hydrogen-bond acceptors (Lipinski definition) is 4. The summed E-state index contributed by atoms with van der Waals surface area (Å²) >= 11 is 0. The van der Waals surface area contributed by atoms with Crippen LogP contribution in [0.25, 0.3) is 0 Å². The molecule has 2 aliphatic rings. The first-order valence-corrected chi connectivity index (χ1v) is 9.52. The zero-order valence-corrected chi connectivity index (χ0v) is 15.6. The van der Waals surface area contributed by atoms with Crippen LogP contribution in [0.15, 0.2) is 41.3 Å². The number of carbonyl (C=O) groups is 1. The number of pyridine rings is 1. The number of aryl methyl sites for hydroxylation is 1. The molecule has 1 aliphatic heterocycles. The van der Waals surface area contributed by atoms with Gasteiger partial charge in [-0.05, 0) is 30.4 Å². The smallest absolute Gasteiger partial charge is 0.270 e. The summed E-state index contributed by atoms with van der Waals surface area (Å²) in [5.41, 5.74) is 2.98. The highest BCUT2D eigenvalue weighted by Gasteiger charge is 2.29.